The quantitative estimate of drug-likeness (QED) is 0.846. The molecule has 2 aromatic heterocycles. The summed E-state index contributed by atoms with van der Waals surface area (Å²) >= 11 is 0. The Kier molecular flexibility index (Phi) is 3.91. The third kappa shape index (κ3) is 2.85. The molecule has 1 saturated heterocycles. The van der Waals surface area contributed by atoms with E-state index in [0.29, 0.717) is 23.5 Å². The molecule has 2 aromatic rings. The van der Waals surface area contributed by atoms with Crippen molar-refractivity contribution in [3.05, 3.63) is 40.8 Å². The highest BCUT2D eigenvalue weighted by Crippen LogP contribution is 2.22. The zero-order chi connectivity index (χ0) is 16.5. The van der Waals surface area contributed by atoms with Crippen LogP contribution in [0.5, 0.6) is 6.01 Å². The third-order valence-electron chi connectivity index (χ3n) is 4.45. The monoisotopic (exact) mass is 328 g/mol. The number of pyridine rings is 1. The SMILES string of the molecule is CN1CC(Oc2nc3cnccc3c(=O)[nH]2)=CN1C1CCNCC1. The molecule has 2 N–H and O–H groups in total. The Morgan fingerprint density at radius 3 is 3.00 bits per heavy atom. The largest absolute Gasteiger partial charge is 0.427 e. The molecule has 0 atom stereocenters. The minimum atomic E-state index is -0.223. The molecule has 2 aliphatic heterocycles. The summed E-state index contributed by atoms with van der Waals surface area (Å²) in [7, 11) is 2.04. The number of aromatic amines is 1. The lowest BCUT2D eigenvalue weighted by atomic mass is 10.1. The summed E-state index contributed by atoms with van der Waals surface area (Å²) in [6.07, 6.45) is 7.35. The van der Waals surface area contributed by atoms with Crippen LogP contribution in [0.3, 0.4) is 0 Å². The van der Waals surface area contributed by atoms with Crippen molar-refractivity contribution in [1.82, 2.24) is 30.3 Å². The molecule has 8 nitrogen and oxygen atoms in total. The van der Waals surface area contributed by atoms with Crippen molar-refractivity contribution < 1.29 is 4.74 Å². The van der Waals surface area contributed by atoms with Gasteiger partial charge in [0.2, 0.25) is 0 Å². The van der Waals surface area contributed by atoms with Crippen molar-refractivity contribution in [2.24, 2.45) is 0 Å². The van der Waals surface area contributed by atoms with Crippen LogP contribution in [0.4, 0.5) is 0 Å². The molecule has 0 saturated carbocycles. The maximum Gasteiger partial charge on any atom is 0.302 e. The number of nitrogens with one attached hydrogen (secondary N) is 2. The molecule has 126 valence electrons. The van der Waals surface area contributed by atoms with Gasteiger partial charge >= 0.3 is 6.01 Å². The molecule has 4 heterocycles. The van der Waals surface area contributed by atoms with Gasteiger partial charge in [0.1, 0.15) is 5.76 Å². The summed E-state index contributed by atoms with van der Waals surface area (Å²) in [5.41, 5.74) is 0.304. The molecular weight excluding hydrogens is 308 g/mol. The number of H-pyrrole nitrogens is 1. The molecule has 1 fully saturated rings. The van der Waals surface area contributed by atoms with Crippen molar-refractivity contribution in [3.8, 4) is 6.01 Å². The average molecular weight is 328 g/mol. The van der Waals surface area contributed by atoms with E-state index in [0.717, 1.165) is 31.7 Å². The fourth-order valence-electron chi connectivity index (χ4n) is 3.25. The number of hydrazine groups is 1. The summed E-state index contributed by atoms with van der Waals surface area (Å²) < 4.78 is 5.82. The number of aromatic nitrogens is 3. The number of piperidine rings is 1. The van der Waals surface area contributed by atoms with Gasteiger partial charge in [0.25, 0.3) is 5.56 Å². The Hall–Kier alpha value is -2.45. The van der Waals surface area contributed by atoms with Crippen molar-refractivity contribution in [3.63, 3.8) is 0 Å². The molecular formula is C16H20N6O2. The molecule has 0 unspecified atom stereocenters. The first-order valence-corrected chi connectivity index (χ1v) is 8.13. The van der Waals surface area contributed by atoms with Crippen molar-refractivity contribution in [2.75, 3.05) is 26.7 Å². The number of likely N-dealkylation sites (N-methyl/N-ethyl adjacent to an activating group) is 1. The van der Waals surface area contributed by atoms with Crippen molar-refractivity contribution >= 4 is 10.9 Å². The Morgan fingerprint density at radius 2 is 2.17 bits per heavy atom. The highest BCUT2D eigenvalue weighted by Gasteiger charge is 2.28. The van der Waals surface area contributed by atoms with E-state index in [1.807, 2.05) is 13.2 Å². The first-order chi connectivity index (χ1) is 11.7. The number of nitrogens with zero attached hydrogens (tertiary/aromatic N) is 4. The second-order valence-corrected chi connectivity index (χ2v) is 6.14. The summed E-state index contributed by atoms with van der Waals surface area (Å²) in [5, 5.41) is 8.23. The number of ether oxygens (including phenoxy) is 1. The normalized spacial score (nSPS) is 19.7. The molecule has 0 bridgehead atoms. The smallest absolute Gasteiger partial charge is 0.302 e. The minimum Gasteiger partial charge on any atom is -0.427 e. The van der Waals surface area contributed by atoms with E-state index in [4.69, 9.17) is 4.74 Å². The van der Waals surface area contributed by atoms with Crippen molar-refractivity contribution in [1.29, 1.82) is 0 Å². The fraction of sp³-hybridized carbons (Fsp3) is 0.438. The number of hydrogen-bond acceptors (Lipinski definition) is 7. The second-order valence-electron chi connectivity index (χ2n) is 6.14. The maximum atomic E-state index is 12.1. The summed E-state index contributed by atoms with van der Waals surface area (Å²) in [6, 6.07) is 2.32. The van der Waals surface area contributed by atoms with Crippen LogP contribution in [0.25, 0.3) is 10.9 Å². The molecule has 0 spiro atoms. The van der Waals surface area contributed by atoms with Crippen LogP contribution < -0.4 is 15.6 Å². The van der Waals surface area contributed by atoms with Gasteiger partial charge in [-0.25, -0.2) is 5.01 Å². The van der Waals surface area contributed by atoms with Gasteiger partial charge in [0, 0.05) is 19.3 Å². The molecule has 0 radical (unpaired) electrons. The van der Waals surface area contributed by atoms with Crippen LogP contribution in [0.15, 0.2) is 35.2 Å². The van der Waals surface area contributed by atoms with Crippen molar-refractivity contribution in [2.45, 2.75) is 18.9 Å². The highest BCUT2D eigenvalue weighted by atomic mass is 16.5. The Bertz CT molecular complexity index is 827. The van der Waals surface area contributed by atoms with E-state index < -0.39 is 0 Å². The van der Waals surface area contributed by atoms with Gasteiger partial charge < -0.3 is 15.1 Å². The molecule has 2 aliphatic rings. The maximum absolute atomic E-state index is 12.1. The van der Waals surface area contributed by atoms with Crippen LogP contribution >= 0.6 is 0 Å². The lowest BCUT2D eigenvalue weighted by molar-refractivity contribution is 0.0228. The predicted octanol–water partition coefficient (Wildman–Crippen LogP) is 0.453. The van der Waals surface area contributed by atoms with Gasteiger partial charge in [0.15, 0.2) is 0 Å². The van der Waals surface area contributed by atoms with Gasteiger partial charge in [0.05, 0.1) is 29.8 Å². The predicted molar refractivity (Wildman–Crippen MR) is 89.2 cm³/mol. The summed E-state index contributed by atoms with van der Waals surface area (Å²) in [6.45, 7) is 2.72. The molecule has 0 amide bonds. The number of hydrogen-bond donors (Lipinski definition) is 2. The topological polar surface area (TPSA) is 86.4 Å². The van der Waals surface area contributed by atoms with Gasteiger partial charge in [-0.1, -0.05) is 0 Å². The molecule has 4 rings (SSSR count). The number of rotatable bonds is 3. The van der Waals surface area contributed by atoms with Crippen LogP contribution in [0, 0.1) is 0 Å². The van der Waals surface area contributed by atoms with Crippen LogP contribution in [-0.4, -0.2) is 57.7 Å². The Labute approximate surface area is 139 Å². The van der Waals surface area contributed by atoms with Gasteiger partial charge in [-0.05, 0) is 32.0 Å². The van der Waals surface area contributed by atoms with Gasteiger partial charge in [-0.3, -0.25) is 14.8 Å². The Balaban J connectivity index is 1.56. The lowest BCUT2D eigenvalue weighted by Gasteiger charge is -2.35. The third-order valence-corrected chi connectivity index (χ3v) is 4.45. The zero-order valence-electron chi connectivity index (χ0n) is 13.5. The van der Waals surface area contributed by atoms with E-state index in [2.05, 4.69) is 30.3 Å². The first kappa shape index (κ1) is 15.1. The van der Waals surface area contributed by atoms with Crippen LogP contribution in [0.1, 0.15) is 12.8 Å². The Morgan fingerprint density at radius 1 is 1.33 bits per heavy atom. The minimum absolute atomic E-state index is 0.201. The van der Waals surface area contributed by atoms with E-state index in [-0.39, 0.29) is 11.6 Å². The van der Waals surface area contributed by atoms with E-state index >= 15 is 0 Å². The molecule has 0 aliphatic carbocycles. The lowest BCUT2D eigenvalue weighted by Crippen LogP contribution is -2.45. The molecule has 8 heteroatoms. The second kappa shape index (κ2) is 6.21. The molecule has 0 aromatic carbocycles. The number of fused-ring (bicyclic) bond motifs is 1. The van der Waals surface area contributed by atoms with E-state index in [9.17, 15) is 4.79 Å². The van der Waals surface area contributed by atoms with E-state index in [1.165, 1.54) is 0 Å². The van der Waals surface area contributed by atoms with Gasteiger partial charge in [-0.2, -0.15) is 4.98 Å². The molecule has 24 heavy (non-hydrogen) atoms. The van der Waals surface area contributed by atoms with Gasteiger partial charge in [-0.15, -0.1) is 0 Å². The van der Waals surface area contributed by atoms with Crippen LogP contribution in [0.2, 0.25) is 0 Å². The fourth-order valence-corrected chi connectivity index (χ4v) is 3.25. The standard InChI is InChI=1S/C16H20N6O2/c1-21-9-12(10-22(21)11-2-5-17-6-3-11)24-16-19-14-8-18-7-4-13(14)15(23)20-16/h4,7-8,10-11,17H,2-3,5-6,9H2,1H3,(H,19,20,23). The van der Waals surface area contributed by atoms with Crippen LogP contribution in [-0.2, 0) is 0 Å². The summed E-state index contributed by atoms with van der Waals surface area (Å²) in [4.78, 5) is 23.1. The average Bonchev–Trinajstić information content (AvgIpc) is 2.96. The first-order valence-electron chi connectivity index (χ1n) is 8.13. The summed E-state index contributed by atoms with van der Waals surface area (Å²) in [5.74, 6) is 0.766. The van der Waals surface area contributed by atoms with E-state index in [1.54, 1.807) is 18.5 Å². The zero-order valence-corrected chi connectivity index (χ0v) is 13.5. The highest BCUT2D eigenvalue weighted by molar-refractivity contribution is 5.76.